The average Bonchev–Trinajstić information content (AvgIpc) is 2.64. The van der Waals surface area contributed by atoms with Gasteiger partial charge in [0.1, 0.15) is 12.4 Å². The van der Waals surface area contributed by atoms with Crippen molar-refractivity contribution in [1.82, 2.24) is 4.98 Å². The van der Waals surface area contributed by atoms with Crippen LogP contribution in [0.15, 0.2) is 47.3 Å². The van der Waals surface area contributed by atoms with Crippen LogP contribution in [0, 0.1) is 6.92 Å². The summed E-state index contributed by atoms with van der Waals surface area (Å²) >= 11 is 0. The first-order valence-corrected chi connectivity index (χ1v) is 9.17. The normalized spacial score (nSPS) is 13.8. The summed E-state index contributed by atoms with van der Waals surface area (Å²) in [6, 6.07) is 14.6. The van der Waals surface area contributed by atoms with Gasteiger partial charge in [-0.2, -0.15) is 0 Å². The standard InChI is InChI=1S/C22H24N2O2/c1-14(2)24-9-10-26-21-12-17-15(3)18(11-16-7-5-4-6-8-16)22(25)23-19(17)13-20(21)24/h4-8,12-14H,9-11H2,1-3H3,(H,23,25). The number of rotatable bonds is 3. The number of aryl methyl sites for hydroxylation is 1. The van der Waals surface area contributed by atoms with E-state index < -0.39 is 0 Å². The fraction of sp³-hybridized carbons (Fsp3) is 0.318. The van der Waals surface area contributed by atoms with Crippen LogP contribution < -0.4 is 15.2 Å². The molecular formula is C22H24N2O2. The SMILES string of the molecule is Cc1c(Cc2ccccc2)c(=O)[nH]c2cc3c(cc12)OCCN3C(C)C. The van der Waals surface area contributed by atoms with Gasteiger partial charge in [0.25, 0.3) is 5.56 Å². The molecule has 0 unspecified atom stereocenters. The summed E-state index contributed by atoms with van der Waals surface area (Å²) in [6.07, 6.45) is 0.633. The minimum atomic E-state index is -0.00775. The molecule has 0 bridgehead atoms. The summed E-state index contributed by atoms with van der Waals surface area (Å²) in [4.78, 5) is 18.2. The van der Waals surface area contributed by atoms with Crippen LogP contribution in [0.5, 0.6) is 5.75 Å². The summed E-state index contributed by atoms with van der Waals surface area (Å²) in [7, 11) is 0. The minimum absolute atomic E-state index is 0.00775. The lowest BCUT2D eigenvalue weighted by molar-refractivity contribution is 0.303. The van der Waals surface area contributed by atoms with Crippen LogP contribution in [0.3, 0.4) is 0 Å². The molecular weight excluding hydrogens is 324 g/mol. The summed E-state index contributed by atoms with van der Waals surface area (Å²) in [5.74, 6) is 0.901. The summed E-state index contributed by atoms with van der Waals surface area (Å²) in [6.45, 7) is 7.94. The molecule has 4 heteroatoms. The molecule has 0 saturated heterocycles. The fourth-order valence-corrected chi connectivity index (χ4v) is 3.78. The molecule has 0 saturated carbocycles. The van der Waals surface area contributed by atoms with E-state index in [1.807, 2.05) is 25.1 Å². The minimum Gasteiger partial charge on any atom is -0.490 e. The maximum Gasteiger partial charge on any atom is 0.252 e. The first kappa shape index (κ1) is 16.7. The molecule has 134 valence electrons. The van der Waals surface area contributed by atoms with Gasteiger partial charge in [0.05, 0.1) is 17.7 Å². The molecule has 4 rings (SSSR count). The molecule has 1 aliphatic heterocycles. The Kier molecular flexibility index (Phi) is 4.19. The van der Waals surface area contributed by atoms with Gasteiger partial charge in [0.15, 0.2) is 0 Å². The number of nitrogens with one attached hydrogen (secondary N) is 1. The Morgan fingerprint density at radius 2 is 1.96 bits per heavy atom. The van der Waals surface area contributed by atoms with Crippen LogP contribution in [-0.2, 0) is 6.42 Å². The number of pyridine rings is 1. The molecule has 2 aromatic carbocycles. The van der Waals surface area contributed by atoms with Crippen LogP contribution >= 0.6 is 0 Å². The van der Waals surface area contributed by atoms with Crippen LogP contribution in [0.25, 0.3) is 10.9 Å². The van der Waals surface area contributed by atoms with Crippen molar-refractivity contribution in [2.75, 3.05) is 18.1 Å². The molecule has 1 aliphatic rings. The van der Waals surface area contributed by atoms with Crippen molar-refractivity contribution in [2.45, 2.75) is 33.2 Å². The first-order valence-electron chi connectivity index (χ1n) is 9.17. The van der Waals surface area contributed by atoms with Crippen molar-refractivity contribution >= 4 is 16.6 Å². The molecule has 3 aromatic rings. The number of hydrogen-bond donors (Lipinski definition) is 1. The van der Waals surface area contributed by atoms with Crippen molar-refractivity contribution in [3.63, 3.8) is 0 Å². The van der Waals surface area contributed by atoms with Gasteiger partial charge in [0, 0.05) is 23.4 Å². The number of anilines is 1. The fourth-order valence-electron chi connectivity index (χ4n) is 3.78. The van der Waals surface area contributed by atoms with E-state index in [1.54, 1.807) is 0 Å². The quantitative estimate of drug-likeness (QED) is 0.777. The Morgan fingerprint density at radius 3 is 2.69 bits per heavy atom. The molecule has 0 radical (unpaired) electrons. The summed E-state index contributed by atoms with van der Waals surface area (Å²) < 4.78 is 5.92. The number of fused-ring (bicyclic) bond motifs is 2. The Bertz CT molecular complexity index is 1010. The van der Waals surface area contributed by atoms with Gasteiger partial charge in [-0.25, -0.2) is 0 Å². The third-order valence-electron chi connectivity index (χ3n) is 5.22. The predicted octanol–water partition coefficient (Wildman–Crippen LogP) is 4.03. The number of hydrogen-bond acceptors (Lipinski definition) is 3. The second-order valence-corrected chi connectivity index (χ2v) is 7.22. The monoisotopic (exact) mass is 348 g/mol. The predicted molar refractivity (Wildman–Crippen MR) is 107 cm³/mol. The van der Waals surface area contributed by atoms with Gasteiger partial charge >= 0.3 is 0 Å². The van der Waals surface area contributed by atoms with Gasteiger partial charge in [0.2, 0.25) is 0 Å². The lowest BCUT2D eigenvalue weighted by Gasteiger charge is -2.34. The topological polar surface area (TPSA) is 45.3 Å². The number of aromatic amines is 1. The maximum atomic E-state index is 12.7. The Morgan fingerprint density at radius 1 is 1.19 bits per heavy atom. The van der Waals surface area contributed by atoms with Crippen molar-refractivity contribution < 1.29 is 4.74 Å². The van der Waals surface area contributed by atoms with E-state index in [9.17, 15) is 4.79 Å². The molecule has 26 heavy (non-hydrogen) atoms. The lowest BCUT2D eigenvalue weighted by Crippen LogP contribution is -2.38. The van der Waals surface area contributed by atoms with E-state index in [0.29, 0.717) is 19.1 Å². The highest BCUT2D eigenvalue weighted by Gasteiger charge is 2.22. The van der Waals surface area contributed by atoms with E-state index >= 15 is 0 Å². The molecule has 4 nitrogen and oxygen atoms in total. The van der Waals surface area contributed by atoms with Crippen LogP contribution in [-0.4, -0.2) is 24.2 Å². The van der Waals surface area contributed by atoms with Gasteiger partial charge in [-0.3, -0.25) is 4.79 Å². The Hall–Kier alpha value is -2.75. The number of H-pyrrole nitrogens is 1. The number of benzene rings is 2. The van der Waals surface area contributed by atoms with E-state index in [1.165, 1.54) is 0 Å². The first-order chi connectivity index (χ1) is 12.5. The smallest absolute Gasteiger partial charge is 0.252 e. The van der Waals surface area contributed by atoms with Gasteiger partial charge in [-0.05, 0) is 44.0 Å². The van der Waals surface area contributed by atoms with E-state index in [4.69, 9.17) is 4.74 Å². The second kappa shape index (κ2) is 6.52. The van der Waals surface area contributed by atoms with Crippen molar-refractivity contribution in [3.05, 3.63) is 69.5 Å². The largest absolute Gasteiger partial charge is 0.490 e. The molecule has 2 heterocycles. The third-order valence-corrected chi connectivity index (χ3v) is 5.22. The highest BCUT2D eigenvalue weighted by molar-refractivity contribution is 5.89. The zero-order valence-electron chi connectivity index (χ0n) is 15.5. The molecule has 0 amide bonds. The molecule has 1 N–H and O–H groups in total. The van der Waals surface area contributed by atoms with E-state index in [-0.39, 0.29) is 5.56 Å². The Labute approximate surface area is 153 Å². The second-order valence-electron chi connectivity index (χ2n) is 7.22. The number of nitrogens with zero attached hydrogens (tertiary/aromatic N) is 1. The zero-order chi connectivity index (χ0) is 18.3. The van der Waals surface area contributed by atoms with E-state index in [0.717, 1.165) is 45.6 Å². The number of aromatic nitrogens is 1. The van der Waals surface area contributed by atoms with Crippen molar-refractivity contribution in [3.8, 4) is 5.75 Å². The summed E-state index contributed by atoms with van der Waals surface area (Å²) in [5, 5.41) is 1.06. The number of ether oxygens (including phenoxy) is 1. The van der Waals surface area contributed by atoms with Crippen LogP contribution in [0.4, 0.5) is 5.69 Å². The molecule has 0 atom stereocenters. The Balaban J connectivity index is 1.86. The molecule has 0 spiro atoms. The van der Waals surface area contributed by atoms with Crippen molar-refractivity contribution in [1.29, 1.82) is 0 Å². The molecule has 0 aliphatic carbocycles. The zero-order valence-corrected chi connectivity index (χ0v) is 15.5. The highest BCUT2D eigenvalue weighted by atomic mass is 16.5. The average molecular weight is 348 g/mol. The van der Waals surface area contributed by atoms with Crippen molar-refractivity contribution in [2.24, 2.45) is 0 Å². The molecule has 0 fully saturated rings. The molecule has 1 aromatic heterocycles. The van der Waals surface area contributed by atoms with Gasteiger partial charge in [-0.1, -0.05) is 30.3 Å². The third kappa shape index (κ3) is 2.85. The highest BCUT2D eigenvalue weighted by Crippen LogP contribution is 2.37. The van der Waals surface area contributed by atoms with Crippen LogP contribution in [0.2, 0.25) is 0 Å². The van der Waals surface area contributed by atoms with Gasteiger partial charge < -0.3 is 14.6 Å². The van der Waals surface area contributed by atoms with Crippen LogP contribution in [0.1, 0.15) is 30.5 Å². The lowest BCUT2D eigenvalue weighted by atomic mass is 9.98. The van der Waals surface area contributed by atoms with E-state index in [2.05, 4.69) is 48.0 Å². The summed E-state index contributed by atoms with van der Waals surface area (Å²) in [5.41, 5.74) is 4.91. The maximum absolute atomic E-state index is 12.7. The van der Waals surface area contributed by atoms with Gasteiger partial charge in [-0.15, -0.1) is 0 Å².